The summed E-state index contributed by atoms with van der Waals surface area (Å²) in [5.41, 5.74) is 1.76. The molecule has 1 aromatic heterocycles. The summed E-state index contributed by atoms with van der Waals surface area (Å²) in [7, 11) is 0. The monoisotopic (exact) mass is 397 g/mol. The number of fused-ring (bicyclic) bond motifs is 1. The molecule has 3 heterocycles. The Bertz CT molecular complexity index is 846. The number of amides is 1. The maximum Gasteiger partial charge on any atom is 0.256 e. The Balaban J connectivity index is 1.32. The molecule has 154 valence electrons. The topological polar surface area (TPSA) is 71.0 Å². The number of ether oxygens (including phenoxy) is 2. The van der Waals surface area contributed by atoms with Crippen molar-refractivity contribution in [3.63, 3.8) is 0 Å². The van der Waals surface area contributed by atoms with E-state index in [1.54, 1.807) is 17.3 Å². The SMILES string of the molecule is CCN(CC)C(=O)c1cnc(N2CCN(Cc3ccc4c(c3)OCO4)CC2)nc1. The molecule has 0 spiro atoms. The first kappa shape index (κ1) is 19.4. The molecule has 0 unspecified atom stereocenters. The van der Waals surface area contributed by atoms with Crippen LogP contribution >= 0.6 is 0 Å². The highest BCUT2D eigenvalue weighted by Gasteiger charge is 2.21. The molecule has 29 heavy (non-hydrogen) atoms. The summed E-state index contributed by atoms with van der Waals surface area (Å²) in [5, 5.41) is 0. The third-order valence-corrected chi connectivity index (χ3v) is 5.43. The van der Waals surface area contributed by atoms with E-state index in [0.717, 1.165) is 44.2 Å². The van der Waals surface area contributed by atoms with Gasteiger partial charge in [-0.1, -0.05) is 6.07 Å². The number of carbonyl (C=O) groups is 1. The Hall–Kier alpha value is -2.87. The summed E-state index contributed by atoms with van der Waals surface area (Å²) in [5.74, 6) is 2.31. The molecular formula is C21H27N5O3. The average Bonchev–Trinajstić information content (AvgIpc) is 3.23. The number of anilines is 1. The number of benzene rings is 1. The molecule has 0 bridgehead atoms. The zero-order chi connectivity index (χ0) is 20.2. The first-order valence-electron chi connectivity index (χ1n) is 10.1. The van der Waals surface area contributed by atoms with Gasteiger partial charge in [-0.3, -0.25) is 9.69 Å². The second-order valence-corrected chi connectivity index (χ2v) is 7.20. The quantitative estimate of drug-likeness (QED) is 0.738. The van der Waals surface area contributed by atoms with Crippen molar-refractivity contribution in [3.8, 4) is 11.5 Å². The minimum absolute atomic E-state index is 0.0184. The highest BCUT2D eigenvalue weighted by Crippen LogP contribution is 2.32. The van der Waals surface area contributed by atoms with Crippen LogP contribution in [0.4, 0.5) is 5.95 Å². The summed E-state index contributed by atoms with van der Waals surface area (Å²) < 4.78 is 10.8. The third kappa shape index (κ3) is 4.27. The van der Waals surface area contributed by atoms with Gasteiger partial charge in [-0.15, -0.1) is 0 Å². The summed E-state index contributed by atoms with van der Waals surface area (Å²) in [6.07, 6.45) is 3.28. The largest absolute Gasteiger partial charge is 0.454 e. The number of piperazine rings is 1. The van der Waals surface area contributed by atoms with Gasteiger partial charge >= 0.3 is 0 Å². The van der Waals surface area contributed by atoms with E-state index in [9.17, 15) is 4.79 Å². The van der Waals surface area contributed by atoms with Gasteiger partial charge in [0.1, 0.15) is 0 Å². The first-order valence-corrected chi connectivity index (χ1v) is 10.1. The van der Waals surface area contributed by atoms with Crippen molar-refractivity contribution in [1.29, 1.82) is 0 Å². The van der Waals surface area contributed by atoms with Crippen LogP contribution in [0.3, 0.4) is 0 Å². The smallest absolute Gasteiger partial charge is 0.256 e. The lowest BCUT2D eigenvalue weighted by Gasteiger charge is -2.34. The Morgan fingerprint density at radius 1 is 1.03 bits per heavy atom. The van der Waals surface area contributed by atoms with Crippen LogP contribution in [-0.2, 0) is 6.54 Å². The van der Waals surface area contributed by atoms with Crippen molar-refractivity contribution < 1.29 is 14.3 Å². The molecule has 4 rings (SSSR count). The van der Waals surface area contributed by atoms with Gasteiger partial charge in [0.2, 0.25) is 12.7 Å². The van der Waals surface area contributed by atoms with Crippen LogP contribution < -0.4 is 14.4 Å². The second kappa shape index (κ2) is 8.65. The molecule has 1 amide bonds. The zero-order valence-corrected chi connectivity index (χ0v) is 17.0. The highest BCUT2D eigenvalue weighted by atomic mass is 16.7. The average molecular weight is 397 g/mol. The van der Waals surface area contributed by atoms with E-state index in [1.807, 2.05) is 19.9 Å². The summed E-state index contributed by atoms with van der Waals surface area (Å²) in [6.45, 7) is 10.1. The minimum Gasteiger partial charge on any atom is -0.454 e. The fourth-order valence-electron chi connectivity index (χ4n) is 3.69. The molecule has 0 saturated carbocycles. The van der Waals surface area contributed by atoms with E-state index in [1.165, 1.54) is 5.56 Å². The van der Waals surface area contributed by atoms with Crippen LogP contribution in [0.15, 0.2) is 30.6 Å². The van der Waals surface area contributed by atoms with Crippen molar-refractivity contribution in [2.75, 3.05) is 51.0 Å². The van der Waals surface area contributed by atoms with Gasteiger partial charge in [-0.05, 0) is 31.5 Å². The van der Waals surface area contributed by atoms with Crippen molar-refractivity contribution in [1.82, 2.24) is 19.8 Å². The van der Waals surface area contributed by atoms with E-state index in [0.29, 0.717) is 31.4 Å². The molecule has 1 saturated heterocycles. The van der Waals surface area contributed by atoms with E-state index in [4.69, 9.17) is 9.47 Å². The Morgan fingerprint density at radius 2 is 1.72 bits per heavy atom. The molecule has 1 fully saturated rings. The molecule has 8 nitrogen and oxygen atoms in total. The Kier molecular flexibility index (Phi) is 5.80. The number of hydrogen-bond acceptors (Lipinski definition) is 7. The van der Waals surface area contributed by atoms with Gasteiger partial charge in [0.15, 0.2) is 11.5 Å². The number of hydrogen-bond donors (Lipinski definition) is 0. The highest BCUT2D eigenvalue weighted by molar-refractivity contribution is 5.93. The van der Waals surface area contributed by atoms with Gasteiger partial charge in [0, 0.05) is 58.2 Å². The molecule has 8 heteroatoms. The van der Waals surface area contributed by atoms with E-state index in [2.05, 4.69) is 31.9 Å². The van der Waals surface area contributed by atoms with Crippen LogP contribution in [-0.4, -0.2) is 71.7 Å². The predicted octanol–water partition coefficient (Wildman–Crippen LogP) is 2.01. The molecule has 1 aromatic carbocycles. The van der Waals surface area contributed by atoms with Crippen molar-refractivity contribution in [3.05, 3.63) is 41.7 Å². The van der Waals surface area contributed by atoms with Crippen LogP contribution in [0.2, 0.25) is 0 Å². The number of nitrogens with zero attached hydrogens (tertiary/aromatic N) is 5. The number of carbonyl (C=O) groups excluding carboxylic acids is 1. The van der Waals surface area contributed by atoms with E-state index < -0.39 is 0 Å². The van der Waals surface area contributed by atoms with Crippen LogP contribution in [0.25, 0.3) is 0 Å². The van der Waals surface area contributed by atoms with Crippen LogP contribution in [0, 0.1) is 0 Å². The lowest BCUT2D eigenvalue weighted by molar-refractivity contribution is 0.0772. The maximum absolute atomic E-state index is 12.4. The Morgan fingerprint density at radius 3 is 2.41 bits per heavy atom. The Labute approximate surface area is 171 Å². The van der Waals surface area contributed by atoms with Gasteiger partial charge in [0.25, 0.3) is 5.91 Å². The van der Waals surface area contributed by atoms with E-state index >= 15 is 0 Å². The minimum atomic E-state index is -0.0184. The van der Waals surface area contributed by atoms with Crippen LogP contribution in [0.5, 0.6) is 11.5 Å². The normalized spacial score (nSPS) is 16.1. The van der Waals surface area contributed by atoms with Gasteiger partial charge < -0.3 is 19.3 Å². The summed E-state index contributed by atoms with van der Waals surface area (Å²) in [4.78, 5) is 27.6. The number of aromatic nitrogens is 2. The standard InChI is InChI=1S/C21H27N5O3/c1-3-25(4-2)20(27)17-12-22-21(23-13-17)26-9-7-24(8-10-26)14-16-5-6-18-19(11-16)29-15-28-18/h5-6,11-13H,3-4,7-10,14-15H2,1-2H3. The lowest BCUT2D eigenvalue weighted by atomic mass is 10.1. The molecular weight excluding hydrogens is 370 g/mol. The van der Waals surface area contributed by atoms with Crippen LogP contribution in [0.1, 0.15) is 29.8 Å². The summed E-state index contributed by atoms with van der Waals surface area (Å²) >= 11 is 0. The molecule has 0 atom stereocenters. The molecule has 2 aliphatic heterocycles. The van der Waals surface area contributed by atoms with E-state index in [-0.39, 0.29) is 5.91 Å². The fourth-order valence-corrected chi connectivity index (χ4v) is 3.69. The lowest BCUT2D eigenvalue weighted by Crippen LogP contribution is -2.46. The molecule has 2 aromatic rings. The number of rotatable bonds is 6. The predicted molar refractivity (Wildman–Crippen MR) is 109 cm³/mol. The van der Waals surface area contributed by atoms with Crippen molar-refractivity contribution >= 4 is 11.9 Å². The zero-order valence-electron chi connectivity index (χ0n) is 17.0. The first-order chi connectivity index (χ1) is 14.2. The molecule has 0 aliphatic carbocycles. The fraction of sp³-hybridized carbons (Fsp3) is 0.476. The molecule has 0 N–H and O–H groups in total. The van der Waals surface area contributed by atoms with Gasteiger partial charge in [0.05, 0.1) is 5.56 Å². The summed E-state index contributed by atoms with van der Waals surface area (Å²) in [6, 6.07) is 6.13. The van der Waals surface area contributed by atoms with Crippen molar-refractivity contribution in [2.24, 2.45) is 0 Å². The maximum atomic E-state index is 12.4. The molecule has 0 radical (unpaired) electrons. The van der Waals surface area contributed by atoms with Gasteiger partial charge in [-0.25, -0.2) is 9.97 Å². The third-order valence-electron chi connectivity index (χ3n) is 5.43. The second-order valence-electron chi connectivity index (χ2n) is 7.20. The molecule has 2 aliphatic rings. The van der Waals surface area contributed by atoms with Gasteiger partial charge in [-0.2, -0.15) is 0 Å². The van der Waals surface area contributed by atoms with Crippen molar-refractivity contribution in [2.45, 2.75) is 20.4 Å².